The second-order valence-corrected chi connectivity index (χ2v) is 6.78. The fourth-order valence-electron chi connectivity index (χ4n) is 2.33. The molecule has 1 fully saturated rings. The number of hydrogen-bond donors (Lipinski definition) is 0. The van der Waals surface area contributed by atoms with Gasteiger partial charge in [-0.2, -0.15) is 0 Å². The van der Waals surface area contributed by atoms with Gasteiger partial charge in [0.15, 0.2) is 11.6 Å². The van der Waals surface area contributed by atoms with Gasteiger partial charge < -0.3 is 9.64 Å². The number of hydrogen-bond acceptors (Lipinski definition) is 2. The number of likely N-dealkylation sites (tertiary alicyclic amines) is 1. The van der Waals surface area contributed by atoms with Gasteiger partial charge in [-0.1, -0.05) is 13.8 Å². The van der Waals surface area contributed by atoms with E-state index in [1.165, 1.54) is 19.2 Å². The van der Waals surface area contributed by atoms with E-state index in [1.54, 1.807) is 0 Å². The summed E-state index contributed by atoms with van der Waals surface area (Å²) in [5, 5.41) is 0. The average Bonchev–Trinajstić information content (AvgIpc) is 2.38. The van der Waals surface area contributed by atoms with E-state index in [9.17, 15) is 9.18 Å². The Bertz CT molecular complexity index is 521. The molecule has 0 N–H and O–H groups in total. The summed E-state index contributed by atoms with van der Waals surface area (Å²) in [7, 11) is 1.39. The molecule has 1 heterocycles. The van der Waals surface area contributed by atoms with Crippen LogP contribution in [0.4, 0.5) is 4.39 Å². The summed E-state index contributed by atoms with van der Waals surface area (Å²) in [4.78, 5) is 14.4. The summed E-state index contributed by atoms with van der Waals surface area (Å²) in [5.74, 6) is -0.463. The van der Waals surface area contributed by atoms with Crippen molar-refractivity contribution in [3.8, 4) is 5.75 Å². The highest BCUT2D eigenvalue weighted by Gasteiger charge is 2.29. The minimum absolute atomic E-state index is 0.0781. The van der Waals surface area contributed by atoms with E-state index >= 15 is 0 Å². The number of methoxy groups -OCH3 is 1. The van der Waals surface area contributed by atoms with Crippen LogP contribution in [0.1, 0.15) is 37.0 Å². The van der Waals surface area contributed by atoms with Crippen LogP contribution in [0.15, 0.2) is 16.6 Å². The van der Waals surface area contributed by atoms with Gasteiger partial charge in [0.25, 0.3) is 5.91 Å². The standard InChI is InChI=1S/C15H19BrFNO2/c1-15(2)4-6-18(7-5-15)14(19)10-8-13(20-3)12(17)9-11(10)16/h8-9H,4-7H2,1-3H3. The third-order valence-electron chi connectivity index (χ3n) is 3.88. The summed E-state index contributed by atoms with van der Waals surface area (Å²) < 4.78 is 19.0. The van der Waals surface area contributed by atoms with E-state index in [1.807, 2.05) is 4.90 Å². The van der Waals surface area contributed by atoms with Crippen molar-refractivity contribution >= 4 is 21.8 Å². The van der Waals surface area contributed by atoms with E-state index in [0.29, 0.717) is 10.0 Å². The molecule has 1 amide bonds. The van der Waals surface area contributed by atoms with Gasteiger partial charge in [0, 0.05) is 17.6 Å². The number of amides is 1. The maximum Gasteiger partial charge on any atom is 0.255 e. The SMILES string of the molecule is COc1cc(C(=O)N2CCC(C)(C)CC2)c(Br)cc1F. The van der Waals surface area contributed by atoms with E-state index in [0.717, 1.165) is 25.9 Å². The number of piperidine rings is 1. The molecule has 1 aliphatic heterocycles. The number of ether oxygens (including phenoxy) is 1. The van der Waals surface area contributed by atoms with Crippen LogP contribution in [0.5, 0.6) is 5.75 Å². The zero-order valence-electron chi connectivity index (χ0n) is 12.0. The molecule has 2 rings (SSSR count). The fraction of sp³-hybridized carbons (Fsp3) is 0.533. The van der Waals surface area contributed by atoms with Crippen LogP contribution in [0.25, 0.3) is 0 Å². The largest absolute Gasteiger partial charge is 0.494 e. The van der Waals surface area contributed by atoms with Crippen molar-refractivity contribution in [2.45, 2.75) is 26.7 Å². The van der Waals surface area contributed by atoms with Crippen molar-refractivity contribution in [2.75, 3.05) is 20.2 Å². The highest BCUT2D eigenvalue weighted by Crippen LogP contribution is 2.32. The van der Waals surface area contributed by atoms with Crippen LogP contribution in [-0.2, 0) is 0 Å². The number of carbonyl (C=O) groups excluding carboxylic acids is 1. The summed E-state index contributed by atoms with van der Waals surface area (Å²) in [5.41, 5.74) is 0.733. The molecule has 5 heteroatoms. The van der Waals surface area contributed by atoms with Gasteiger partial charge in [0.05, 0.1) is 12.7 Å². The molecular weight excluding hydrogens is 325 g/mol. The van der Waals surface area contributed by atoms with Crippen molar-refractivity contribution < 1.29 is 13.9 Å². The van der Waals surface area contributed by atoms with E-state index in [-0.39, 0.29) is 17.1 Å². The van der Waals surface area contributed by atoms with Crippen molar-refractivity contribution in [1.29, 1.82) is 0 Å². The smallest absolute Gasteiger partial charge is 0.255 e. The third-order valence-corrected chi connectivity index (χ3v) is 4.53. The lowest BCUT2D eigenvalue weighted by molar-refractivity contribution is 0.0629. The molecule has 1 saturated heterocycles. The summed E-state index contributed by atoms with van der Waals surface area (Å²) in [6, 6.07) is 2.74. The minimum Gasteiger partial charge on any atom is -0.494 e. The van der Waals surface area contributed by atoms with Crippen molar-refractivity contribution in [1.82, 2.24) is 4.90 Å². The number of nitrogens with zero attached hydrogens (tertiary/aromatic N) is 1. The maximum atomic E-state index is 13.6. The molecule has 0 aromatic heterocycles. The summed E-state index contributed by atoms with van der Waals surface area (Å²) in [6.45, 7) is 5.90. The monoisotopic (exact) mass is 343 g/mol. The number of benzene rings is 1. The van der Waals surface area contributed by atoms with Gasteiger partial charge in [-0.25, -0.2) is 4.39 Å². The Labute approximate surface area is 127 Å². The molecule has 1 aliphatic rings. The molecule has 0 saturated carbocycles. The molecule has 1 aromatic carbocycles. The van der Waals surface area contributed by atoms with Crippen molar-refractivity contribution in [3.63, 3.8) is 0 Å². The molecule has 0 bridgehead atoms. The Kier molecular flexibility index (Phi) is 4.37. The third kappa shape index (κ3) is 3.14. The first-order chi connectivity index (χ1) is 9.34. The van der Waals surface area contributed by atoms with Crippen LogP contribution >= 0.6 is 15.9 Å². The number of halogens is 2. The van der Waals surface area contributed by atoms with E-state index < -0.39 is 5.82 Å². The first-order valence-electron chi connectivity index (χ1n) is 6.66. The van der Waals surface area contributed by atoms with Crippen LogP contribution < -0.4 is 4.74 Å². The molecule has 0 unspecified atom stereocenters. The Morgan fingerprint density at radius 2 is 1.95 bits per heavy atom. The molecular formula is C15H19BrFNO2. The van der Waals surface area contributed by atoms with Gasteiger partial charge in [0.1, 0.15) is 0 Å². The summed E-state index contributed by atoms with van der Waals surface area (Å²) in [6.07, 6.45) is 1.96. The Morgan fingerprint density at radius 1 is 1.35 bits per heavy atom. The first kappa shape index (κ1) is 15.3. The topological polar surface area (TPSA) is 29.5 Å². The van der Waals surface area contributed by atoms with Crippen LogP contribution in [0.2, 0.25) is 0 Å². The van der Waals surface area contributed by atoms with Crippen LogP contribution in [-0.4, -0.2) is 31.0 Å². The molecule has 0 atom stereocenters. The highest BCUT2D eigenvalue weighted by molar-refractivity contribution is 9.10. The van der Waals surface area contributed by atoms with Gasteiger partial charge in [-0.3, -0.25) is 4.79 Å². The molecule has 20 heavy (non-hydrogen) atoms. The zero-order valence-corrected chi connectivity index (χ0v) is 13.6. The molecule has 110 valence electrons. The lowest BCUT2D eigenvalue weighted by Gasteiger charge is -2.37. The molecule has 0 aliphatic carbocycles. The van der Waals surface area contributed by atoms with Gasteiger partial charge in [-0.15, -0.1) is 0 Å². The minimum atomic E-state index is -0.476. The molecule has 3 nitrogen and oxygen atoms in total. The molecule has 0 radical (unpaired) electrons. The van der Waals surface area contributed by atoms with E-state index in [4.69, 9.17) is 4.74 Å². The van der Waals surface area contributed by atoms with Crippen molar-refractivity contribution in [3.05, 3.63) is 28.0 Å². The normalized spacial score (nSPS) is 17.9. The van der Waals surface area contributed by atoms with Crippen LogP contribution in [0.3, 0.4) is 0 Å². The van der Waals surface area contributed by atoms with E-state index in [2.05, 4.69) is 29.8 Å². The molecule has 1 aromatic rings. The quantitative estimate of drug-likeness (QED) is 0.815. The number of rotatable bonds is 2. The predicted molar refractivity (Wildman–Crippen MR) is 79.6 cm³/mol. The maximum absolute atomic E-state index is 13.6. The van der Waals surface area contributed by atoms with Gasteiger partial charge in [-0.05, 0) is 46.3 Å². The Morgan fingerprint density at radius 3 is 2.50 bits per heavy atom. The predicted octanol–water partition coefficient (Wildman–Crippen LogP) is 3.86. The summed E-state index contributed by atoms with van der Waals surface area (Å²) >= 11 is 3.26. The lowest BCUT2D eigenvalue weighted by atomic mass is 9.82. The second kappa shape index (κ2) is 5.72. The first-order valence-corrected chi connectivity index (χ1v) is 7.46. The van der Waals surface area contributed by atoms with Crippen molar-refractivity contribution in [2.24, 2.45) is 5.41 Å². The fourth-order valence-corrected chi connectivity index (χ4v) is 2.82. The van der Waals surface area contributed by atoms with Crippen LogP contribution in [0, 0.1) is 11.2 Å². The van der Waals surface area contributed by atoms with Gasteiger partial charge >= 0.3 is 0 Å². The zero-order chi connectivity index (χ0) is 14.9. The Balaban J connectivity index is 2.22. The lowest BCUT2D eigenvalue weighted by Crippen LogP contribution is -2.41. The average molecular weight is 344 g/mol. The highest BCUT2D eigenvalue weighted by atomic mass is 79.9. The molecule has 0 spiro atoms. The Hall–Kier alpha value is -1.10. The van der Waals surface area contributed by atoms with Gasteiger partial charge in [0.2, 0.25) is 0 Å². The second-order valence-electron chi connectivity index (χ2n) is 5.92. The number of carbonyl (C=O) groups is 1.